The van der Waals surface area contributed by atoms with Gasteiger partial charge in [-0.2, -0.15) is 0 Å². The van der Waals surface area contributed by atoms with Crippen molar-refractivity contribution in [3.8, 4) is 11.5 Å². The molecule has 2 aromatic carbocycles. The number of hydrogen-bond acceptors (Lipinski definition) is 4. The Bertz CT molecular complexity index is 724. The Kier molecular flexibility index (Phi) is 6.96. The van der Waals surface area contributed by atoms with Crippen molar-refractivity contribution in [1.82, 2.24) is 0 Å². The van der Waals surface area contributed by atoms with Gasteiger partial charge in [0.15, 0.2) is 11.5 Å². The second-order valence-corrected chi connectivity index (χ2v) is 6.88. The van der Waals surface area contributed by atoms with Crippen LogP contribution < -0.4 is 15.2 Å². The van der Waals surface area contributed by atoms with Crippen LogP contribution in [-0.4, -0.2) is 25.4 Å². The molecule has 0 aliphatic rings. The molecule has 0 aliphatic heterocycles. The van der Waals surface area contributed by atoms with Crippen LogP contribution in [0.2, 0.25) is 10.0 Å². The number of ether oxygens (including phenoxy) is 2. The van der Waals surface area contributed by atoms with E-state index in [-0.39, 0.29) is 5.92 Å². The van der Waals surface area contributed by atoms with Crippen LogP contribution in [-0.2, 0) is 6.42 Å². The summed E-state index contributed by atoms with van der Waals surface area (Å²) < 4.78 is 10.6. The Labute approximate surface area is 158 Å². The minimum Gasteiger partial charge on any atom is -0.493 e. The maximum atomic E-state index is 10.6. The van der Waals surface area contributed by atoms with Gasteiger partial charge in [0.2, 0.25) is 0 Å². The van der Waals surface area contributed by atoms with Crippen LogP contribution in [0, 0.1) is 5.92 Å². The number of halogens is 2. The predicted molar refractivity (Wildman–Crippen MR) is 102 cm³/mol. The lowest BCUT2D eigenvalue weighted by Crippen LogP contribution is -2.36. The number of benzene rings is 2. The molecule has 0 aromatic heterocycles. The van der Waals surface area contributed by atoms with Crippen molar-refractivity contribution >= 4 is 23.2 Å². The lowest BCUT2D eigenvalue weighted by molar-refractivity contribution is 0.121. The summed E-state index contributed by atoms with van der Waals surface area (Å²) in [4.78, 5) is 0. The number of aliphatic hydroxyl groups excluding tert-OH is 1. The largest absolute Gasteiger partial charge is 0.493 e. The zero-order chi connectivity index (χ0) is 18.6. The van der Waals surface area contributed by atoms with Crippen LogP contribution in [0.5, 0.6) is 11.5 Å². The number of nitrogens with two attached hydrogens (primary N) is 1. The summed E-state index contributed by atoms with van der Waals surface area (Å²) in [5.74, 6) is 1.38. The molecule has 0 amide bonds. The highest BCUT2D eigenvalue weighted by Crippen LogP contribution is 2.31. The first-order valence-electron chi connectivity index (χ1n) is 7.96. The van der Waals surface area contributed by atoms with Gasteiger partial charge in [-0.15, -0.1) is 0 Å². The predicted octanol–water partition coefficient (Wildman–Crippen LogP) is 4.25. The fourth-order valence-corrected chi connectivity index (χ4v) is 3.05. The van der Waals surface area contributed by atoms with Crippen molar-refractivity contribution in [3.05, 3.63) is 57.6 Å². The van der Waals surface area contributed by atoms with Crippen molar-refractivity contribution in [2.24, 2.45) is 11.7 Å². The first-order valence-corrected chi connectivity index (χ1v) is 8.72. The third-order valence-electron chi connectivity index (χ3n) is 4.31. The highest BCUT2D eigenvalue weighted by atomic mass is 35.5. The summed E-state index contributed by atoms with van der Waals surface area (Å²) in [6.45, 7) is 2.00. The smallest absolute Gasteiger partial charge is 0.160 e. The van der Waals surface area contributed by atoms with E-state index in [2.05, 4.69) is 0 Å². The molecule has 3 N–H and O–H groups in total. The van der Waals surface area contributed by atoms with E-state index in [0.717, 1.165) is 5.56 Å². The van der Waals surface area contributed by atoms with Crippen molar-refractivity contribution in [2.45, 2.75) is 25.5 Å². The Hall–Kier alpha value is -1.46. The molecule has 0 bridgehead atoms. The molecule has 2 rings (SSSR count). The first kappa shape index (κ1) is 19.9. The zero-order valence-electron chi connectivity index (χ0n) is 14.5. The molecule has 3 atom stereocenters. The van der Waals surface area contributed by atoms with Crippen LogP contribution in [0.4, 0.5) is 0 Å². The summed E-state index contributed by atoms with van der Waals surface area (Å²) >= 11 is 11.9. The number of hydrogen-bond donors (Lipinski definition) is 2. The average Bonchev–Trinajstić information content (AvgIpc) is 2.62. The van der Waals surface area contributed by atoms with Gasteiger partial charge in [-0.3, -0.25) is 0 Å². The molecule has 0 spiro atoms. The zero-order valence-corrected chi connectivity index (χ0v) is 16.0. The van der Waals surface area contributed by atoms with Gasteiger partial charge in [0, 0.05) is 6.04 Å². The van der Waals surface area contributed by atoms with Gasteiger partial charge < -0.3 is 20.3 Å². The summed E-state index contributed by atoms with van der Waals surface area (Å²) in [5, 5.41) is 11.4. The number of rotatable bonds is 7. The quantitative estimate of drug-likeness (QED) is 0.749. The molecule has 0 fully saturated rings. The second-order valence-electron chi connectivity index (χ2n) is 6.07. The Morgan fingerprint density at radius 1 is 1.00 bits per heavy atom. The summed E-state index contributed by atoms with van der Waals surface area (Å²) in [6.07, 6.45) is -0.134. The second kappa shape index (κ2) is 8.77. The van der Waals surface area contributed by atoms with Gasteiger partial charge in [0.05, 0.1) is 30.4 Å². The monoisotopic (exact) mass is 383 g/mol. The molecule has 0 aliphatic carbocycles. The molecule has 25 heavy (non-hydrogen) atoms. The van der Waals surface area contributed by atoms with Crippen LogP contribution >= 0.6 is 23.2 Å². The highest BCUT2D eigenvalue weighted by Gasteiger charge is 2.24. The van der Waals surface area contributed by atoms with E-state index in [9.17, 15) is 5.11 Å². The van der Waals surface area contributed by atoms with Crippen LogP contribution in [0.15, 0.2) is 36.4 Å². The molecule has 0 saturated heterocycles. The Morgan fingerprint density at radius 3 is 2.28 bits per heavy atom. The van der Waals surface area contributed by atoms with Crippen molar-refractivity contribution in [1.29, 1.82) is 0 Å². The maximum Gasteiger partial charge on any atom is 0.160 e. The van der Waals surface area contributed by atoms with E-state index in [4.69, 9.17) is 38.4 Å². The van der Waals surface area contributed by atoms with E-state index in [1.54, 1.807) is 32.4 Å². The van der Waals surface area contributed by atoms with E-state index in [1.807, 2.05) is 25.1 Å². The molecule has 4 nitrogen and oxygen atoms in total. The van der Waals surface area contributed by atoms with Crippen molar-refractivity contribution in [2.75, 3.05) is 14.2 Å². The number of aliphatic hydroxyl groups is 1. The standard InChI is InChI=1S/C19H23Cl2NO3/c1-11(8-12-4-7-16(24-2)17(9-12)25-3)18(22)19(23)13-5-6-14(20)15(21)10-13/h4-7,9-11,18-19,23H,8,22H2,1-3H3/t11?,18-,19-/m1/s1. The minimum atomic E-state index is -0.829. The van der Waals surface area contributed by atoms with E-state index in [0.29, 0.717) is 33.5 Å². The van der Waals surface area contributed by atoms with Crippen LogP contribution in [0.3, 0.4) is 0 Å². The molecule has 136 valence electrons. The molecular formula is C19H23Cl2NO3. The molecule has 0 radical (unpaired) electrons. The van der Waals surface area contributed by atoms with Crippen LogP contribution in [0.1, 0.15) is 24.2 Å². The maximum absolute atomic E-state index is 10.6. The fourth-order valence-electron chi connectivity index (χ4n) is 2.75. The summed E-state index contributed by atoms with van der Waals surface area (Å²) in [5.41, 5.74) is 7.98. The number of methoxy groups -OCH3 is 2. The molecular weight excluding hydrogens is 361 g/mol. The van der Waals surface area contributed by atoms with Crippen LogP contribution in [0.25, 0.3) is 0 Å². The third-order valence-corrected chi connectivity index (χ3v) is 5.05. The third kappa shape index (κ3) is 4.79. The average molecular weight is 384 g/mol. The van der Waals surface area contributed by atoms with E-state index in [1.165, 1.54) is 0 Å². The normalized spacial score (nSPS) is 14.7. The van der Waals surface area contributed by atoms with Gasteiger partial charge in [-0.05, 0) is 47.7 Å². The van der Waals surface area contributed by atoms with E-state index < -0.39 is 12.1 Å². The topological polar surface area (TPSA) is 64.7 Å². The SMILES string of the molecule is COc1ccc(CC(C)[C@@H](N)[C@H](O)c2ccc(Cl)c(Cl)c2)cc1OC. The molecule has 0 heterocycles. The van der Waals surface area contributed by atoms with Crippen molar-refractivity contribution < 1.29 is 14.6 Å². The highest BCUT2D eigenvalue weighted by molar-refractivity contribution is 6.42. The molecule has 1 unspecified atom stereocenters. The van der Waals surface area contributed by atoms with Crippen molar-refractivity contribution in [3.63, 3.8) is 0 Å². The van der Waals surface area contributed by atoms with Gasteiger partial charge in [0.1, 0.15) is 0 Å². The van der Waals surface area contributed by atoms with Gasteiger partial charge in [-0.1, -0.05) is 42.3 Å². The molecule has 2 aromatic rings. The molecule has 6 heteroatoms. The minimum absolute atomic E-state index is 0.0301. The van der Waals surface area contributed by atoms with Gasteiger partial charge in [-0.25, -0.2) is 0 Å². The van der Waals surface area contributed by atoms with E-state index >= 15 is 0 Å². The van der Waals surface area contributed by atoms with Gasteiger partial charge in [0.25, 0.3) is 0 Å². The lowest BCUT2D eigenvalue weighted by atomic mass is 9.88. The fraction of sp³-hybridized carbons (Fsp3) is 0.368. The summed E-state index contributed by atoms with van der Waals surface area (Å²) in [7, 11) is 3.20. The summed E-state index contributed by atoms with van der Waals surface area (Å²) in [6, 6.07) is 10.4. The first-order chi connectivity index (χ1) is 11.9. The molecule has 0 saturated carbocycles. The Morgan fingerprint density at radius 2 is 1.68 bits per heavy atom. The Balaban J connectivity index is 2.11. The lowest BCUT2D eigenvalue weighted by Gasteiger charge is -2.26. The van der Waals surface area contributed by atoms with Gasteiger partial charge >= 0.3 is 0 Å².